The van der Waals surface area contributed by atoms with E-state index in [9.17, 15) is 9.18 Å². The molecule has 0 radical (unpaired) electrons. The van der Waals surface area contributed by atoms with Crippen molar-refractivity contribution >= 4 is 17.4 Å². The molecule has 3 aromatic carbocycles. The molecule has 3 aromatic rings. The maximum atomic E-state index is 13.7. The molecule has 0 amide bonds. The maximum absolute atomic E-state index is 13.7. The van der Waals surface area contributed by atoms with Gasteiger partial charge in [0.05, 0.1) is 0 Å². The van der Waals surface area contributed by atoms with Gasteiger partial charge in [-0.2, -0.15) is 0 Å². The number of carbonyl (C=O) groups excluding carboxylic acids is 1. The molecule has 0 aromatic heterocycles. The Morgan fingerprint density at radius 1 is 0.903 bits per heavy atom. The van der Waals surface area contributed by atoms with Crippen molar-refractivity contribution in [1.29, 1.82) is 0 Å². The predicted octanol–water partition coefficient (Wildman–Crippen LogP) is 5.72. The van der Waals surface area contributed by atoms with E-state index in [4.69, 9.17) is 4.74 Å². The van der Waals surface area contributed by atoms with Crippen molar-refractivity contribution < 1.29 is 13.9 Å². The fourth-order valence-electron chi connectivity index (χ4n) is 3.82. The Morgan fingerprint density at radius 2 is 1.65 bits per heavy atom. The van der Waals surface area contributed by atoms with Crippen LogP contribution in [0.25, 0.3) is 11.6 Å². The van der Waals surface area contributed by atoms with Crippen molar-refractivity contribution in [2.24, 2.45) is 0 Å². The molecule has 1 fully saturated rings. The number of hydrogen-bond donors (Lipinski definition) is 0. The van der Waals surface area contributed by atoms with Gasteiger partial charge in [-0.15, -0.1) is 0 Å². The number of carbonyl (C=O) groups is 1. The van der Waals surface area contributed by atoms with E-state index in [-0.39, 0.29) is 11.6 Å². The first-order valence-corrected chi connectivity index (χ1v) is 10.7. The zero-order chi connectivity index (χ0) is 21.5. The Balaban J connectivity index is 1.51. The standard InChI is InChI=1S/C27H26FNO2/c28-24-10-6-7-21(19-24)20-26(22-8-2-1-3-9-22)27(30)23-11-13-25(14-12-23)31-18-17-29-15-4-5-16-29/h1-3,6-14,19-20H,4-5,15-18H2/b26-20+. The van der Waals surface area contributed by atoms with Gasteiger partial charge >= 0.3 is 0 Å². The highest BCUT2D eigenvalue weighted by molar-refractivity contribution is 6.32. The fraction of sp³-hybridized carbons (Fsp3) is 0.222. The number of benzene rings is 3. The molecular formula is C27H26FNO2. The first kappa shape index (κ1) is 21.0. The average Bonchev–Trinajstić information content (AvgIpc) is 3.32. The second-order valence-corrected chi connectivity index (χ2v) is 7.73. The van der Waals surface area contributed by atoms with E-state index in [0.29, 0.717) is 23.3 Å². The maximum Gasteiger partial charge on any atom is 0.193 e. The quantitative estimate of drug-likeness (QED) is 0.268. The summed E-state index contributed by atoms with van der Waals surface area (Å²) in [5.74, 6) is 0.314. The van der Waals surface area contributed by atoms with Gasteiger partial charge in [-0.25, -0.2) is 4.39 Å². The molecule has 0 saturated carbocycles. The van der Waals surface area contributed by atoms with Crippen LogP contribution in [0.1, 0.15) is 34.3 Å². The van der Waals surface area contributed by atoms with E-state index in [1.165, 1.54) is 25.0 Å². The van der Waals surface area contributed by atoms with Crippen LogP contribution in [0.3, 0.4) is 0 Å². The van der Waals surface area contributed by atoms with Gasteiger partial charge in [-0.3, -0.25) is 9.69 Å². The SMILES string of the molecule is O=C(/C(=C/c1cccc(F)c1)c1ccccc1)c1ccc(OCCN2CCCC2)cc1. The van der Waals surface area contributed by atoms with E-state index in [0.717, 1.165) is 30.9 Å². The molecule has 0 aliphatic carbocycles. The summed E-state index contributed by atoms with van der Waals surface area (Å²) in [6.45, 7) is 3.87. The number of allylic oxidation sites excluding steroid dienone is 1. The van der Waals surface area contributed by atoms with Crippen LogP contribution >= 0.6 is 0 Å². The molecule has 0 N–H and O–H groups in total. The summed E-state index contributed by atoms with van der Waals surface area (Å²) in [4.78, 5) is 15.7. The summed E-state index contributed by atoms with van der Waals surface area (Å²) in [6.07, 6.45) is 4.27. The number of halogens is 1. The van der Waals surface area contributed by atoms with Gasteiger partial charge in [0.15, 0.2) is 5.78 Å². The minimum Gasteiger partial charge on any atom is -0.492 e. The van der Waals surface area contributed by atoms with Crippen LogP contribution in [0.15, 0.2) is 78.9 Å². The van der Waals surface area contributed by atoms with Crippen molar-refractivity contribution in [1.82, 2.24) is 4.90 Å². The summed E-state index contributed by atoms with van der Waals surface area (Å²) in [7, 11) is 0. The van der Waals surface area contributed by atoms with Crippen LogP contribution in [0.5, 0.6) is 5.75 Å². The molecule has 4 rings (SSSR count). The van der Waals surface area contributed by atoms with E-state index in [2.05, 4.69) is 4.90 Å². The van der Waals surface area contributed by atoms with Crippen LogP contribution < -0.4 is 4.74 Å². The molecule has 1 heterocycles. The number of likely N-dealkylation sites (tertiary alicyclic amines) is 1. The normalized spacial score (nSPS) is 14.5. The molecule has 1 aliphatic heterocycles. The lowest BCUT2D eigenvalue weighted by Gasteiger charge is -2.15. The summed E-state index contributed by atoms with van der Waals surface area (Å²) in [6, 6.07) is 22.9. The van der Waals surface area contributed by atoms with E-state index < -0.39 is 0 Å². The van der Waals surface area contributed by atoms with Gasteiger partial charge in [-0.05, 0) is 79.5 Å². The average molecular weight is 416 g/mol. The zero-order valence-corrected chi connectivity index (χ0v) is 17.5. The molecule has 31 heavy (non-hydrogen) atoms. The number of rotatable bonds is 8. The van der Waals surface area contributed by atoms with Gasteiger partial charge in [0.25, 0.3) is 0 Å². The molecule has 0 unspecified atom stereocenters. The van der Waals surface area contributed by atoms with Gasteiger partial charge in [0.2, 0.25) is 0 Å². The van der Waals surface area contributed by atoms with Gasteiger partial charge in [0, 0.05) is 17.7 Å². The Morgan fingerprint density at radius 3 is 2.35 bits per heavy atom. The van der Waals surface area contributed by atoms with Gasteiger partial charge < -0.3 is 4.74 Å². The van der Waals surface area contributed by atoms with Crippen molar-refractivity contribution in [2.75, 3.05) is 26.2 Å². The molecule has 4 heteroatoms. The van der Waals surface area contributed by atoms with Crippen molar-refractivity contribution in [3.63, 3.8) is 0 Å². The van der Waals surface area contributed by atoms with Gasteiger partial charge in [-0.1, -0.05) is 42.5 Å². The molecule has 1 aliphatic rings. The number of nitrogens with zero attached hydrogens (tertiary/aromatic N) is 1. The first-order chi connectivity index (χ1) is 15.2. The van der Waals surface area contributed by atoms with Crippen molar-refractivity contribution in [3.8, 4) is 5.75 Å². The zero-order valence-electron chi connectivity index (χ0n) is 17.5. The Hall–Kier alpha value is -3.24. The summed E-state index contributed by atoms with van der Waals surface area (Å²) < 4.78 is 19.5. The first-order valence-electron chi connectivity index (χ1n) is 10.7. The molecule has 0 bridgehead atoms. The van der Waals surface area contributed by atoms with E-state index in [1.54, 1.807) is 30.3 Å². The number of hydrogen-bond acceptors (Lipinski definition) is 3. The lowest BCUT2D eigenvalue weighted by molar-refractivity contribution is 0.105. The predicted molar refractivity (Wildman–Crippen MR) is 123 cm³/mol. The third-order valence-electron chi connectivity index (χ3n) is 5.48. The van der Waals surface area contributed by atoms with E-state index in [1.807, 2.05) is 42.5 Å². The van der Waals surface area contributed by atoms with Crippen LogP contribution in [0, 0.1) is 5.82 Å². The fourth-order valence-corrected chi connectivity index (χ4v) is 3.82. The molecular weight excluding hydrogens is 389 g/mol. The molecule has 1 saturated heterocycles. The largest absolute Gasteiger partial charge is 0.492 e. The number of Topliss-reactive ketones (excluding diaryl/α,β-unsaturated/α-hetero) is 1. The van der Waals surface area contributed by atoms with Crippen LogP contribution in [0.4, 0.5) is 4.39 Å². The second-order valence-electron chi connectivity index (χ2n) is 7.73. The Labute approximate surface area is 182 Å². The lowest BCUT2D eigenvalue weighted by Crippen LogP contribution is -2.25. The molecule has 0 atom stereocenters. The highest BCUT2D eigenvalue weighted by atomic mass is 19.1. The van der Waals surface area contributed by atoms with Crippen LogP contribution in [0.2, 0.25) is 0 Å². The number of ether oxygens (including phenoxy) is 1. The van der Waals surface area contributed by atoms with Crippen molar-refractivity contribution in [2.45, 2.75) is 12.8 Å². The van der Waals surface area contributed by atoms with E-state index >= 15 is 0 Å². The highest BCUT2D eigenvalue weighted by Crippen LogP contribution is 2.24. The van der Waals surface area contributed by atoms with Gasteiger partial charge in [0.1, 0.15) is 18.2 Å². The minimum absolute atomic E-state index is 0.112. The second kappa shape index (κ2) is 10.2. The Bertz CT molecular complexity index is 1040. The Kier molecular flexibility index (Phi) is 6.90. The smallest absolute Gasteiger partial charge is 0.193 e. The third-order valence-corrected chi connectivity index (χ3v) is 5.48. The third kappa shape index (κ3) is 5.68. The summed E-state index contributed by atoms with van der Waals surface area (Å²) in [5, 5.41) is 0. The number of ketones is 1. The molecule has 0 spiro atoms. The summed E-state index contributed by atoms with van der Waals surface area (Å²) >= 11 is 0. The molecule has 158 valence electrons. The van der Waals surface area contributed by atoms with Crippen LogP contribution in [-0.4, -0.2) is 36.9 Å². The topological polar surface area (TPSA) is 29.5 Å². The molecule has 3 nitrogen and oxygen atoms in total. The lowest BCUT2D eigenvalue weighted by atomic mass is 9.94. The monoisotopic (exact) mass is 415 g/mol. The minimum atomic E-state index is -0.330. The summed E-state index contributed by atoms with van der Waals surface area (Å²) in [5.41, 5.74) is 2.53. The van der Waals surface area contributed by atoms with Crippen LogP contribution in [-0.2, 0) is 0 Å². The van der Waals surface area contributed by atoms with Crippen molar-refractivity contribution in [3.05, 3.63) is 101 Å². The highest BCUT2D eigenvalue weighted by Gasteiger charge is 2.15.